The van der Waals surface area contributed by atoms with Crippen molar-refractivity contribution in [3.8, 4) is 5.75 Å². The van der Waals surface area contributed by atoms with Gasteiger partial charge in [-0.25, -0.2) is 4.39 Å². The van der Waals surface area contributed by atoms with Crippen molar-refractivity contribution in [2.24, 2.45) is 0 Å². The Bertz CT molecular complexity index is 444. The van der Waals surface area contributed by atoms with E-state index >= 15 is 0 Å². The summed E-state index contributed by atoms with van der Waals surface area (Å²) in [6.45, 7) is 7.63. The van der Waals surface area contributed by atoms with Gasteiger partial charge in [0.15, 0.2) is 0 Å². The summed E-state index contributed by atoms with van der Waals surface area (Å²) in [5.41, 5.74) is 1.45. The summed E-state index contributed by atoms with van der Waals surface area (Å²) >= 11 is 0. The van der Waals surface area contributed by atoms with Crippen molar-refractivity contribution in [1.82, 2.24) is 0 Å². The van der Waals surface area contributed by atoms with Gasteiger partial charge >= 0.3 is 0 Å². The van der Waals surface area contributed by atoms with Crippen LogP contribution in [0.3, 0.4) is 0 Å². The number of ether oxygens (including phenoxy) is 1. The molecule has 0 bridgehead atoms. The van der Waals surface area contributed by atoms with E-state index in [1.54, 1.807) is 12.1 Å². The van der Waals surface area contributed by atoms with E-state index in [0.717, 1.165) is 11.1 Å². The van der Waals surface area contributed by atoms with Gasteiger partial charge in [-0.3, -0.25) is 0 Å². The smallest absolute Gasteiger partial charge is 0.130 e. The molecule has 0 atom stereocenters. The van der Waals surface area contributed by atoms with Crippen molar-refractivity contribution in [1.29, 1.82) is 0 Å². The van der Waals surface area contributed by atoms with Crippen LogP contribution in [-0.4, -0.2) is 5.60 Å². The molecule has 2 heteroatoms. The number of halogens is 1. The molecule has 1 heterocycles. The first kappa shape index (κ1) is 9.97. The first-order valence-corrected chi connectivity index (χ1v) is 4.86. The number of hydrogen-bond acceptors (Lipinski definition) is 1. The van der Waals surface area contributed by atoms with Crippen LogP contribution in [0.2, 0.25) is 0 Å². The first-order valence-electron chi connectivity index (χ1n) is 4.86. The number of benzene rings is 1. The molecule has 78 valence electrons. The Morgan fingerprint density at radius 1 is 1.40 bits per heavy atom. The maximum absolute atomic E-state index is 13.0. The molecule has 1 aliphatic rings. The van der Waals surface area contributed by atoms with Crippen LogP contribution in [-0.2, 0) is 0 Å². The van der Waals surface area contributed by atoms with Crippen LogP contribution in [0.1, 0.15) is 19.4 Å². The van der Waals surface area contributed by atoms with Gasteiger partial charge in [-0.2, -0.15) is 0 Å². The molecule has 1 aromatic carbocycles. The molecule has 0 spiro atoms. The minimum Gasteiger partial charge on any atom is -0.482 e. The molecular weight excluding hydrogens is 191 g/mol. The van der Waals surface area contributed by atoms with Gasteiger partial charge in [0.05, 0.1) is 0 Å². The Labute approximate surface area is 88.9 Å². The molecule has 0 unspecified atom stereocenters. The number of fused-ring (bicyclic) bond motifs is 1. The van der Waals surface area contributed by atoms with Crippen LogP contribution < -0.4 is 4.74 Å². The lowest BCUT2D eigenvalue weighted by Crippen LogP contribution is -2.32. The maximum atomic E-state index is 13.0. The van der Waals surface area contributed by atoms with Gasteiger partial charge < -0.3 is 4.74 Å². The highest BCUT2D eigenvalue weighted by atomic mass is 19.1. The predicted molar refractivity (Wildman–Crippen MR) is 59.3 cm³/mol. The minimum absolute atomic E-state index is 0.278. The van der Waals surface area contributed by atoms with Crippen LogP contribution in [0.25, 0.3) is 6.08 Å². The lowest BCUT2D eigenvalue weighted by molar-refractivity contribution is 0.149. The molecular formula is C13H13FO. The van der Waals surface area contributed by atoms with Crippen molar-refractivity contribution >= 4 is 6.08 Å². The second-order valence-electron chi connectivity index (χ2n) is 4.10. The fourth-order valence-electron chi connectivity index (χ4n) is 1.70. The third kappa shape index (κ3) is 1.67. The first-order chi connectivity index (χ1) is 7.03. The zero-order valence-electron chi connectivity index (χ0n) is 8.88. The molecule has 15 heavy (non-hydrogen) atoms. The van der Waals surface area contributed by atoms with Crippen molar-refractivity contribution in [2.75, 3.05) is 0 Å². The van der Waals surface area contributed by atoms with Crippen molar-refractivity contribution in [3.63, 3.8) is 0 Å². The Balaban J connectivity index is 2.56. The van der Waals surface area contributed by atoms with Gasteiger partial charge in [-0.05, 0) is 37.6 Å². The molecule has 1 aromatic rings. The van der Waals surface area contributed by atoms with Crippen LogP contribution in [0.15, 0.2) is 36.4 Å². The Hall–Kier alpha value is -1.57. The summed E-state index contributed by atoms with van der Waals surface area (Å²) in [6.07, 6.45) is 3.75. The number of hydrogen-bond donors (Lipinski definition) is 0. The second-order valence-corrected chi connectivity index (χ2v) is 4.10. The van der Waals surface area contributed by atoms with E-state index in [4.69, 9.17) is 4.74 Å². The van der Waals surface area contributed by atoms with Crippen molar-refractivity contribution in [2.45, 2.75) is 19.4 Å². The Morgan fingerprint density at radius 3 is 2.80 bits per heavy atom. The summed E-state index contributed by atoms with van der Waals surface area (Å²) in [7, 11) is 0. The molecule has 0 aromatic heterocycles. The average molecular weight is 204 g/mol. The standard InChI is InChI=1S/C13H13FO/c1-4-10-7-9-5-6-11(14)8-12(9)15-13(10,2)3/h4-8H,1H2,2-3H3. The largest absolute Gasteiger partial charge is 0.482 e. The summed E-state index contributed by atoms with van der Waals surface area (Å²) in [5, 5.41) is 0. The fourth-order valence-corrected chi connectivity index (χ4v) is 1.70. The lowest BCUT2D eigenvalue weighted by atomic mass is 9.92. The van der Waals surface area contributed by atoms with Gasteiger partial charge in [0.25, 0.3) is 0 Å². The van der Waals surface area contributed by atoms with E-state index in [9.17, 15) is 4.39 Å². The van der Waals surface area contributed by atoms with E-state index in [1.165, 1.54) is 12.1 Å². The Morgan fingerprint density at radius 2 is 2.13 bits per heavy atom. The molecule has 0 aliphatic carbocycles. The molecule has 2 rings (SSSR count). The van der Waals surface area contributed by atoms with E-state index in [0.29, 0.717) is 5.75 Å². The third-order valence-electron chi connectivity index (χ3n) is 2.57. The van der Waals surface area contributed by atoms with Crippen molar-refractivity contribution in [3.05, 3.63) is 47.8 Å². The van der Waals surface area contributed by atoms with Crippen LogP contribution in [0, 0.1) is 5.82 Å². The SMILES string of the molecule is C=CC1=Cc2ccc(F)cc2OC1(C)C. The van der Waals surface area contributed by atoms with Crippen LogP contribution in [0.4, 0.5) is 4.39 Å². The highest BCUT2D eigenvalue weighted by molar-refractivity contribution is 5.66. The monoisotopic (exact) mass is 204 g/mol. The topological polar surface area (TPSA) is 9.23 Å². The van der Waals surface area contributed by atoms with E-state index < -0.39 is 5.60 Å². The molecule has 1 aliphatic heterocycles. The molecule has 0 amide bonds. The highest BCUT2D eigenvalue weighted by Gasteiger charge is 2.28. The fraction of sp³-hybridized carbons (Fsp3) is 0.231. The third-order valence-corrected chi connectivity index (χ3v) is 2.57. The normalized spacial score (nSPS) is 17.4. The molecule has 0 radical (unpaired) electrons. The second kappa shape index (κ2) is 3.23. The quantitative estimate of drug-likeness (QED) is 0.679. The average Bonchev–Trinajstić information content (AvgIpc) is 2.15. The Kier molecular flexibility index (Phi) is 2.14. The molecule has 0 saturated heterocycles. The van der Waals surface area contributed by atoms with Gasteiger partial charge in [0.2, 0.25) is 0 Å². The summed E-state index contributed by atoms with van der Waals surface area (Å²) in [6, 6.07) is 4.55. The number of rotatable bonds is 1. The van der Waals surface area contributed by atoms with Gasteiger partial charge in [0.1, 0.15) is 17.2 Å². The predicted octanol–water partition coefficient (Wildman–Crippen LogP) is 3.57. The molecule has 0 N–H and O–H groups in total. The van der Waals surface area contributed by atoms with E-state index in [1.807, 2.05) is 19.9 Å². The summed E-state index contributed by atoms with van der Waals surface area (Å²) in [4.78, 5) is 0. The van der Waals surface area contributed by atoms with Crippen LogP contribution in [0.5, 0.6) is 5.75 Å². The summed E-state index contributed by atoms with van der Waals surface area (Å²) < 4.78 is 18.7. The van der Waals surface area contributed by atoms with Gasteiger partial charge in [-0.15, -0.1) is 0 Å². The molecule has 0 saturated carbocycles. The minimum atomic E-state index is -0.442. The lowest BCUT2D eigenvalue weighted by Gasteiger charge is -2.32. The van der Waals surface area contributed by atoms with Gasteiger partial charge in [-0.1, -0.05) is 12.7 Å². The van der Waals surface area contributed by atoms with Crippen LogP contribution >= 0.6 is 0 Å². The molecule has 0 fully saturated rings. The van der Waals surface area contributed by atoms with E-state index in [2.05, 4.69) is 6.58 Å². The zero-order valence-corrected chi connectivity index (χ0v) is 8.88. The highest BCUT2D eigenvalue weighted by Crippen LogP contribution is 2.36. The van der Waals surface area contributed by atoms with E-state index in [-0.39, 0.29) is 5.82 Å². The maximum Gasteiger partial charge on any atom is 0.130 e. The zero-order chi connectivity index (χ0) is 11.1. The molecule has 1 nitrogen and oxygen atoms in total. The van der Waals surface area contributed by atoms with Crippen molar-refractivity contribution < 1.29 is 9.13 Å². The summed E-state index contributed by atoms with van der Waals surface area (Å²) in [5.74, 6) is 0.311. The van der Waals surface area contributed by atoms with Gasteiger partial charge in [0, 0.05) is 11.6 Å².